The van der Waals surface area contributed by atoms with Crippen molar-refractivity contribution >= 4 is 5.97 Å². The average Bonchev–Trinajstić information content (AvgIpc) is 3.22. The van der Waals surface area contributed by atoms with Crippen LogP contribution >= 0.6 is 0 Å². The Morgan fingerprint density at radius 3 is 2.56 bits per heavy atom. The summed E-state index contributed by atoms with van der Waals surface area (Å²) in [5.74, 6) is 4.60. The summed E-state index contributed by atoms with van der Waals surface area (Å²) in [6.07, 6.45) is 18.7. The lowest BCUT2D eigenvalue weighted by atomic mass is 9.47. The second-order valence-electron chi connectivity index (χ2n) is 13.5. The highest BCUT2D eigenvalue weighted by Gasteiger charge is 2.59. The lowest BCUT2D eigenvalue weighted by Gasteiger charge is -2.58. The van der Waals surface area contributed by atoms with Crippen LogP contribution in [0.25, 0.3) is 0 Å². The van der Waals surface area contributed by atoms with Gasteiger partial charge in [-0.1, -0.05) is 76.6 Å². The van der Waals surface area contributed by atoms with E-state index in [0.29, 0.717) is 22.3 Å². The molecule has 4 aliphatic carbocycles. The van der Waals surface area contributed by atoms with E-state index in [9.17, 15) is 4.79 Å². The molecule has 0 spiro atoms. The predicted molar refractivity (Wildman–Crippen MR) is 149 cm³/mol. The van der Waals surface area contributed by atoms with Crippen molar-refractivity contribution in [3.63, 3.8) is 0 Å². The normalized spacial score (nSPS) is 38.7. The van der Waals surface area contributed by atoms with Crippen LogP contribution in [0.2, 0.25) is 0 Å². The first-order valence-electron chi connectivity index (χ1n) is 14.8. The summed E-state index contributed by atoms with van der Waals surface area (Å²) in [5, 5.41) is 0. The van der Waals surface area contributed by atoms with Crippen LogP contribution in [0.15, 0.2) is 54.1 Å². The SMILES string of the molecule is CC(C)C/C=C/[C@@H](C)[C@H]1CC[C@H]2[C@@H]3CC=C4C[C@H](OC(=O)c5ccccc5)CC[C@]4(C)C3CC[C@]12C. The van der Waals surface area contributed by atoms with Gasteiger partial charge in [-0.2, -0.15) is 0 Å². The standard InChI is InChI=1S/C34H48O2/c1-23(2)10-9-11-24(3)29-16-17-30-28-15-14-26-22-27(36-32(35)25-12-7-6-8-13-25)18-20-33(26,4)31(28)19-21-34(29,30)5/h6-9,11-14,23-24,27-31H,10,15-22H2,1-5H3/b11-9+/t24-,27-,28+,29-,30+,31?,33+,34-/m1/s1. The summed E-state index contributed by atoms with van der Waals surface area (Å²) in [4.78, 5) is 12.7. The molecule has 196 valence electrons. The van der Waals surface area contributed by atoms with Crippen LogP contribution in [0.4, 0.5) is 0 Å². The zero-order valence-electron chi connectivity index (χ0n) is 23.3. The van der Waals surface area contributed by atoms with Crippen molar-refractivity contribution in [3.05, 3.63) is 59.7 Å². The van der Waals surface area contributed by atoms with Crippen LogP contribution in [-0.2, 0) is 4.74 Å². The highest BCUT2D eigenvalue weighted by Crippen LogP contribution is 2.67. The van der Waals surface area contributed by atoms with Gasteiger partial charge in [-0.25, -0.2) is 4.79 Å². The zero-order chi connectivity index (χ0) is 25.5. The molecule has 4 aliphatic rings. The average molecular weight is 489 g/mol. The van der Waals surface area contributed by atoms with Gasteiger partial charge < -0.3 is 4.74 Å². The lowest BCUT2D eigenvalue weighted by Crippen LogP contribution is -2.51. The topological polar surface area (TPSA) is 26.3 Å². The van der Waals surface area contributed by atoms with Gasteiger partial charge in [0.05, 0.1) is 5.56 Å². The monoisotopic (exact) mass is 488 g/mol. The van der Waals surface area contributed by atoms with E-state index in [4.69, 9.17) is 4.74 Å². The minimum absolute atomic E-state index is 0.0248. The smallest absolute Gasteiger partial charge is 0.338 e. The van der Waals surface area contributed by atoms with Crippen LogP contribution in [0.3, 0.4) is 0 Å². The molecule has 2 nitrogen and oxygen atoms in total. The molecule has 0 N–H and O–H groups in total. The number of benzene rings is 1. The predicted octanol–water partition coefficient (Wildman–Crippen LogP) is 9.03. The summed E-state index contributed by atoms with van der Waals surface area (Å²) in [6, 6.07) is 9.47. The second kappa shape index (κ2) is 10.1. The van der Waals surface area contributed by atoms with Crippen LogP contribution in [0.5, 0.6) is 0 Å². The van der Waals surface area contributed by atoms with Gasteiger partial charge in [0.25, 0.3) is 0 Å². The second-order valence-corrected chi connectivity index (χ2v) is 13.5. The first-order chi connectivity index (χ1) is 17.2. The van der Waals surface area contributed by atoms with E-state index < -0.39 is 0 Å². The molecule has 0 heterocycles. The van der Waals surface area contributed by atoms with E-state index in [0.717, 1.165) is 48.9 Å². The molecule has 0 radical (unpaired) electrons. The van der Waals surface area contributed by atoms with Gasteiger partial charge in [0.15, 0.2) is 0 Å². The molecule has 0 aromatic heterocycles. The van der Waals surface area contributed by atoms with E-state index in [-0.39, 0.29) is 12.1 Å². The van der Waals surface area contributed by atoms with E-state index in [1.807, 2.05) is 30.3 Å². The number of hydrogen-bond acceptors (Lipinski definition) is 2. The Morgan fingerprint density at radius 2 is 1.81 bits per heavy atom. The van der Waals surface area contributed by atoms with Crippen LogP contribution in [0, 0.1) is 46.3 Å². The van der Waals surface area contributed by atoms with Gasteiger partial charge in [-0.3, -0.25) is 0 Å². The highest BCUT2D eigenvalue weighted by atomic mass is 16.5. The summed E-state index contributed by atoms with van der Waals surface area (Å²) in [5.41, 5.74) is 3.04. The Morgan fingerprint density at radius 1 is 1.03 bits per heavy atom. The Kier molecular flexibility index (Phi) is 7.27. The van der Waals surface area contributed by atoms with Crippen LogP contribution in [-0.4, -0.2) is 12.1 Å². The number of hydrogen-bond donors (Lipinski definition) is 0. The molecule has 5 rings (SSSR count). The molecule has 1 aromatic rings. The van der Waals surface area contributed by atoms with Crippen molar-refractivity contribution in [2.24, 2.45) is 46.3 Å². The molecular weight excluding hydrogens is 440 g/mol. The Hall–Kier alpha value is -1.83. The summed E-state index contributed by atoms with van der Waals surface area (Å²) >= 11 is 0. The number of carbonyl (C=O) groups is 1. The van der Waals surface area contributed by atoms with E-state index in [1.54, 1.807) is 5.57 Å². The molecule has 3 saturated carbocycles. The summed E-state index contributed by atoms with van der Waals surface area (Å²) in [6.45, 7) is 12.3. The molecule has 1 unspecified atom stereocenters. The Labute approximate surface area is 220 Å². The first-order valence-corrected chi connectivity index (χ1v) is 14.8. The number of ether oxygens (including phenoxy) is 1. The molecule has 36 heavy (non-hydrogen) atoms. The van der Waals surface area contributed by atoms with Crippen molar-refractivity contribution in [1.29, 1.82) is 0 Å². The van der Waals surface area contributed by atoms with Gasteiger partial charge in [-0.05, 0) is 110 Å². The van der Waals surface area contributed by atoms with Crippen LogP contribution in [0.1, 0.15) is 103 Å². The zero-order valence-corrected chi connectivity index (χ0v) is 23.3. The third kappa shape index (κ3) is 4.63. The number of esters is 1. The minimum atomic E-state index is -0.166. The maximum atomic E-state index is 12.7. The van der Waals surface area contributed by atoms with Crippen molar-refractivity contribution in [1.82, 2.24) is 0 Å². The fraction of sp³-hybridized carbons (Fsp3) is 0.676. The van der Waals surface area contributed by atoms with Gasteiger partial charge in [0.2, 0.25) is 0 Å². The third-order valence-corrected chi connectivity index (χ3v) is 11.1. The maximum Gasteiger partial charge on any atom is 0.338 e. The molecule has 0 amide bonds. The van der Waals surface area contributed by atoms with Gasteiger partial charge >= 0.3 is 5.97 Å². The maximum absolute atomic E-state index is 12.7. The largest absolute Gasteiger partial charge is 0.458 e. The summed E-state index contributed by atoms with van der Waals surface area (Å²) in [7, 11) is 0. The van der Waals surface area contributed by atoms with Crippen molar-refractivity contribution in [2.45, 2.75) is 98.5 Å². The number of carbonyl (C=O) groups excluding carboxylic acids is 1. The first kappa shape index (κ1) is 25.8. The third-order valence-electron chi connectivity index (χ3n) is 11.1. The molecule has 2 heteroatoms. The fourth-order valence-electron chi connectivity index (χ4n) is 9.13. The quantitative estimate of drug-likeness (QED) is 0.295. The van der Waals surface area contributed by atoms with Crippen molar-refractivity contribution in [3.8, 4) is 0 Å². The molecule has 3 fully saturated rings. The Bertz CT molecular complexity index is 990. The Balaban J connectivity index is 1.27. The summed E-state index contributed by atoms with van der Waals surface area (Å²) < 4.78 is 5.99. The van der Waals surface area contributed by atoms with Crippen molar-refractivity contribution < 1.29 is 9.53 Å². The van der Waals surface area contributed by atoms with E-state index in [2.05, 4.69) is 52.8 Å². The minimum Gasteiger partial charge on any atom is -0.458 e. The molecule has 0 bridgehead atoms. The molecule has 0 aliphatic heterocycles. The van der Waals surface area contributed by atoms with Gasteiger partial charge in [0, 0.05) is 6.42 Å². The lowest BCUT2D eigenvalue weighted by molar-refractivity contribution is -0.0565. The van der Waals surface area contributed by atoms with Gasteiger partial charge in [-0.15, -0.1) is 0 Å². The highest BCUT2D eigenvalue weighted by molar-refractivity contribution is 5.89. The van der Waals surface area contributed by atoms with Crippen LogP contribution < -0.4 is 0 Å². The number of rotatable bonds is 6. The molecular formula is C34H48O2. The molecule has 1 aromatic carbocycles. The van der Waals surface area contributed by atoms with Gasteiger partial charge in [0.1, 0.15) is 6.10 Å². The van der Waals surface area contributed by atoms with Crippen molar-refractivity contribution in [2.75, 3.05) is 0 Å². The van der Waals surface area contributed by atoms with E-state index in [1.165, 1.54) is 38.5 Å². The molecule has 8 atom stereocenters. The number of fused-ring (bicyclic) bond motifs is 5. The fourth-order valence-corrected chi connectivity index (χ4v) is 9.13. The van der Waals surface area contributed by atoms with E-state index >= 15 is 0 Å². The molecule has 0 saturated heterocycles. The number of allylic oxidation sites excluding steroid dienone is 3.